The zero-order chi connectivity index (χ0) is 21.8. The summed E-state index contributed by atoms with van der Waals surface area (Å²) in [6, 6.07) is 11.1. The number of hydrogen-bond donors (Lipinski definition) is 2. The summed E-state index contributed by atoms with van der Waals surface area (Å²) in [6.45, 7) is 2.86. The summed E-state index contributed by atoms with van der Waals surface area (Å²) < 4.78 is 48.3. The number of ether oxygens (including phenoxy) is 2. The SMILES string of the molecule is CN=C(NCc1cccnc1OCC(F)(F)F)NC1CC(C)(C)Oc2ccccc21. The van der Waals surface area contributed by atoms with Gasteiger partial charge in [0.15, 0.2) is 12.6 Å². The maximum atomic E-state index is 12.5. The summed E-state index contributed by atoms with van der Waals surface area (Å²) in [4.78, 5) is 8.16. The molecule has 2 aromatic rings. The first kappa shape index (κ1) is 21.7. The van der Waals surface area contributed by atoms with E-state index < -0.39 is 12.8 Å². The van der Waals surface area contributed by atoms with Gasteiger partial charge in [0.25, 0.3) is 0 Å². The van der Waals surface area contributed by atoms with Gasteiger partial charge >= 0.3 is 6.18 Å². The highest BCUT2D eigenvalue weighted by Gasteiger charge is 2.34. The minimum absolute atomic E-state index is 0.0361. The van der Waals surface area contributed by atoms with E-state index in [1.165, 1.54) is 6.20 Å². The second-order valence-corrected chi connectivity index (χ2v) is 7.60. The maximum Gasteiger partial charge on any atom is 0.422 e. The molecule has 1 aliphatic heterocycles. The topological polar surface area (TPSA) is 67.8 Å². The van der Waals surface area contributed by atoms with Gasteiger partial charge < -0.3 is 20.1 Å². The number of halogens is 3. The van der Waals surface area contributed by atoms with Crippen LogP contribution < -0.4 is 20.1 Å². The lowest BCUT2D eigenvalue weighted by Gasteiger charge is -2.38. The Balaban J connectivity index is 1.68. The Morgan fingerprint density at radius 1 is 1.27 bits per heavy atom. The number of aliphatic imine (C=N–C) groups is 1. The first-order chi connectivity index (χ1) is 14.2. The molecule has 9 heteroatoms. The van der Waals surface area contributed by atoms with E-state index in [0.29, 0.717) is 11.5 Å². The summed E-state index contributed by atoms with van der Waals surface area (Å²) in [5, 5.41) is 6.51. The molecule has 30 heavy (non-hydrogen) atoms. The van der Waals surface area contributed by atoms with Gasteiger partial charge in [-0.1, -0.05) is 24.3 Å². The molecule has 1 unspecified atom stereocenters. The van der Waals surface area contributed by atoms with Gasteiger partial charge in [0.05, 0.1) is 6.04 Å². The average Bonchev–Trinajstić information content (AvgIpc) is 2.68. The van der Waals surface area contributed by atoms with Crippen molar-refractivity contribution in [1.29, 1.82) is 0 Å². The second-order valence-electron chi connectivity index (χ2n) is 7.60. The van der Waals surface area contributed by atoms with Crippen LogP contribution in [0.25, 0.3) is 0 Å². The van der Waals surface area contributed by atoms with Crippen molar-refractivity contribution in [2.75, 3.05) is 13.7 Å². The highest BCUT2D eigenvalue weighted by Crippen LogP contribution is 2.39. The van der Waals surface area contributed by atoms with Crippen LogP contribution in [0.15, 0.2) is 47.6 Å². The van der Waals surface area contributed by atoms with Gasteiger partial charge in [0.1, 0.15) is 11.4 Å². The summed E-state index contributed by atoms with van der Waals surface area (Å²) in [5.74, 6) is 1.27. The predicted molar refractivity (Wildman–Crippen MR) is 108 cm³/mol. The van der Waals surface area contributed by atoms with Crippen molar-refractivity contribution in [1.82, 2.24) is 15.6 Å². The zero-order valence-corrected chi connectivity index (χ0v) is 17.1. The van der Waals surface area contributed by atoms with Crippen LogP contribution in [0.1, 0.15) is 37.4 Å². The molecule has 2 heterocycles. The molecule has 0 bridgehead atoms. The number of pyridine rings is 1. The Morgan fingerprint density at radius 2 is 2.03 bits per heavy atom. The van der Waals surface area contributed by atoms with E-state index in [9.17, 15) is 13.2 Å². The van der Waals surface area contributed by atoms with Gasteiger partial charge in [0, 0.05) is 37.3 Å². The lowest BCUT2D eigenvalue weighted by atomic mass is 9.90. The number of fused-ring (bicyclic) bond motifs is 1. The molecular weight excluding hydrogens is 397 g/mol. The lowest BCUT2D eigenvalue weighted by molar-refractivity contribution is -0.154. The number of alkyl halides is 3. The van der Waals surface area contributed by atoms with Crippen molar-refractivity contribution in [3.63, 3.8) is 0 Å². The smallest absolute Gasteiger partial charge is 0.422 e. The predicted octanol–water partition coefficient (Wildman–Crippen LogP) is 3.99. The molecule has 6 nitrogen and oxygen atoms in total. The number of para-hydroxylation sites is 1. The minimum atomic E-state index is -4.43. The quantitative estimate of drug-likeness (QED) is 0.563. The molecule has 0 amide bonds. The van der Waals surface area contributed by atoms with Crippen molar-refractivity contribution >= 4 is 5.96 Å². The third-order valence-electron chi connectivity index (χ3n) is 4.58. The van der Waals surface area contributed by atoms with Crippen LogP contribution in [0.3, 0.4) is 0 Å². The van der Waals surface area contributed by atoms with Crippen molar-refractivity contribution in [2.24, 2.45) is 4.99 Å². The number of hydrogen-bond acceptors (Lipinski definition) is 4. The monoisotopic (exact) mass is 422 g/mol. The number of rotatable bonds is 5. The Labute approximate surface area is 173 Å². The first-order valence-corrected chi connectivity index (χ1v) is 9.55. The van der Waals surface area contributed by atoms with E-state index in [4.69, 9.17) is 9.47 Å². The van der Waals surface area contributed by atoms with Crippen molar-refractivity contribution in [3.8, 4) is 11.6 Å². The average molecular weight is 422 g/mol. The summed E-state index contributed by atoms with van der Waals surface area (Å²) >= 11 is 0. The molecule has 0 spiro atoms. The van der Waals surface area contributed by atoms with Crippen LogP contribution in [-0.4, -0.2) is 36.4 Å². The molecule has 1 aromatic heterocycles. The van der Waals surface area contributed by atoms with Gasteiger partial charge in [-0.05, 0) is 26.0 Å². The van der Waals surface area contributed by atoms with Gasteiger partial charge in [-0.2, -0.15) is 13.2 Å². The zero-order valence-electron chi connectivity index (χ0n) is 17.1. The van der Waals surface area contributed by atoms with Crippen LogP contribution in [-0.2, 0) is 6.54 Å². The van der Waals surface area contributed by atoms with Gasteiger partial charge in [-0.3, -0.25) is 4.99 Å². The fraction of sp³-hybridized carbons (Fsp3) is 0.429. The van der Waals surface area contributed by atoms with Crippen LogP contribution in [0.4, 0.5) is 13.2 Å². The molecule has 2 N–H and O–H groups in total. The van der Waals surface area contributed by atoms with Crippen LogP contribution in [0.2, 0.25) is 0 Å². The van der Waals surface area contributed by atoms with Gasteiger partial charge in [-0.25, -0.2) is 4.98 Å². The molecule has 162 valence electrons. The maximum absolute atomic E-state index is 12.5. The fourth-order valence-corrected chi connectivity index (χ4v) is 3.31. The summed E-state index contributed by atoms with van der Waals surface area (Å²) in [6.07, 6.45) is -2.32. The fourth-order valence-electron chi connectivity index (χ4n) is 3.31. The Morgan fingerprint density at radius 3 is 2.77 bits per heavy atom. The Bertz CT molecular complexity index is 900. The second kappa shape index (κ2) is 8.81. The van der Waals surface area contributed by atoms with Crippen LogP contribution >= 0.6 is 0 Å². The lowest BCUT2D eigenvalue weighted by Crippen LogP contribution is -2.45. The van der Waals surface area contributed by atoms with E-state index in [1.54, 1.807) is 19.2 Å². The molecule has 0 fully saturated rings. The highest BCUT2D eigenvalue weighted by molar-refractivity contribution is 5.80. The van der Waals surface area contributed by atoms with Gasteiger partial charge in [-0.15, -0.1) is 0 Å². The molecule has 0 radical (unpaired) electrons. The molecule has 1 atom stereocenters. The largest absolute Gasteiger partial charge is 0.487 e. The van der Waals surface area contributed by atoms with E-state index in [1.807, 2.05) is 38.1 Å². The molecular formula is C21H25F3N4O2. The number of nitrogens with one attached hydrogen (secondary N) is 2. The molecule has 1 aliphatic rings. The van der Waals surface area contributed by atoms with E-state index in [0.717, 1.165) is 17.7 Å². The number of benzene rings is 1. The first-order valence-electron chi connectivity index (χ1n) is 9.55. The van der Waals surface area contributed by atoms with E-state index in [-0.39, 0.29) is 24.1 Å². The normalized spacial score (nSPS) is 18.2. The van der Waals surface area contributed by atoms with Crippen molar-refractivity contribution in [2.45, 2.75) is 44.6 Å². The molecule has 0 saturated heterocycles. The van der Waals surface area contributed by atoms with Crippen LogP contribution in [0.5, 0.6) is 11.6 Å². The molecule has 3 rings (SSSR count). The summed E-state index contributed by atoms with van der Waals surface area (Å²) in [5.41, 5.74) is 1.17. The van der Waals surface area contributed by atoms with Crippen LogP contribution in [0, 0.1) is 0 Å². The summed E-state index contributed by atoms with van der Waals surface area (Å²) in [7, 11) is 1.63. The molecule has 0 aliphatic carbocycles. The minimum Gasteiger partial charge on any atom is -0.487 e. The van der Waals surface area contributed by atoms with Crippen molar-refractivity contribution in [3.05, 3.63) is 53.7 Å². The standard InChI is InChI=1S/C21H25F3N4O2/c1-20(2)11-16(15-8-4-5-9-17(15)30-20)28-19(25-3)27-12-14-7-6-10-26-18(14)29-13-21(22,23)24/h4-10,16H,11-13H2,1-3H3,(H2,25,27,28). The van der Waals surface area contributed by atoms with Gasteiger partial charge in [0.2, 0.25) is 5.88 Å². The number of guanidine groups is 1. The Hall–Kier alpha value is -2.97. The molecule has 0 saturated carbocycles. The van der Waals surface area contributed by atoms with Crippen molar-refractivity contribution < 1.29 is 22.6 Å². The highest BCUT2D eigenvalue weighted by atomic mass is 19.4. The third-order valence-corrected chi connectivity index (χ3v) is 4.58. The molecule has 1 aromatic carbocycles. The Kier molecular flexibility index (Phi) is 6.38. The van der Waals surface area contributed by atoms with E-state index in [2.05, 4.69) is 20.6 Å². The number of nitrogens with zero attached hydrogens (tertiary/aromatic N) is 2. The third kappa shape index (κ3) is 5.77. The number of aromatic nitrogens is 1. The van der Waals surface area contributed by atoms with E-state index >= 15 is 0 Å².